The first-order valence-corrected chi connectivity index (χ1v) is 11.1. The van der Waals surface area contributed by atoms with Gasteiger partial charge in [-0.3, -0.25) is 4.79 Å². The van der Waals surface area contributed by atoms with Gasteiger partial charge in [0.2, 0.25) is 0 Å². The standard InChI is InChI=1S/C24H25ClN2OS/c25-23-14-13-22(29-23)20-9-11-21(12-10-20)24(28)27-17-15-19-7-5-18(6-8-19)4-2-1-3-16-26/h5-14,16,26H,1-4,15,17H2,(H,27,28). The predicted octanol–water partition coefficient (Wildman–Crippen LogP) is 6.40. The second kappa shape index (κ2) is 10.9. The van der Waals surface area contributed by atoms with Gasteiger partial charge in [-0.2, -0.15) is 0 Å². The van der Waals surface area contributed by atoms with Gasteiger partial charge in [0.25, 0.3) is 5.91 Å². The van der Waals surface area contributed by atoms with Gasteiger partial charge in [0.1, 0.15) is 0 Å². The Hall–Kier alpha value is -2.43. The molecule has 2 N–H and O–H groups in total. The van der Waals surface area contributed by atoms with Crippen molar-refractivity contribution in [3.63, 3.8) is 0 Å². The summed E-state index contributed by atoms with van der Waals surface area (Å²) in [6.45, 7) is 0.611. The quantitative estimate of drug-likeness (QED) is 0.287. The first kappa shape index (κ1) is 21.3. The Balaban J connectivity index is 1.44. The minimum atomic E-state index is -0.0522. The van der Waals surface area contributed by atoms with Crippen LogP contribution >= 0.6 is 22.9 Å². The van der Waals surface area contributed by atoms with Gasteiger partial charge in [-0.05, 0) is 79.3 Å². The Bertz CT molecular complexity index is 932. The number of thiophene rings is 1. The normalized spacial score (nSPS) is 10.7. The van der Waals surface area contributed by atoms with Crippen LogP contribution in [0.3, 0.4) is 0 Å². The van der Waals surface area contributed by atoms with Gasteiger partial charge in [-0.25, -0.2) is 0 Å². The van der Waals surface area contributed by atoms with E-state index in [1.165, 1.54) is 28.7 Å². The van der Waals surface area contributed by atoms with E-state index < -0.39 is 0 Å². The molecule has 0 aliphatic rings. The number of carbonyl (C=O) groups is 1. The summed E-state index contributed by atoms with van der Waals surface area (Å²) in [6, 6.07) is 20.1. The minimum Gasteiger partial charge on any atom is -0.352 e. The van der Waals surface area contributed by atoms with Gasteiger partial charge in [0, 0.05) is 17.0 Å². The average Bonchev–Trinajstić information content (AvgIpc) is 3.18. The van der Waals surface area contributed by atoms with Gasteiger partial charge in [-0.1, -0.05) is 48.0 Å². The van der Waals surface area contributed by atoms with E-state index in [2.05, 4.69) is 29.6 Å². The highest BCUT2D eigenvalue weighted by atomic mass is 35.5. The maximum absolute atomic E-state index is 12.4. The highest BCUT2D eigenvalue weighted by molar-refractivity contribution is 7.19. The first-order valence-electron chi connectivity index (χ1n) is 9.86. The number of rotatable bonds is 10. The molecular formula is C24H25ClN2OS. The van der Waals surface area contributed by atoms with Crippen LogP contribution < -0.4 is 5.32 Å². The molecule has 3 nitrogen and oxygen atoms in total. The maximum atomic E-state index is 12.4. The molecule has 1 amide bonds. The van der Waals surface area contributed by atoms with Crippen molar-refractivity contribution < 1.29 is 4.79 Å². The molecule has 150 valence electrons. The Labute approximate surface area is 181 Å². The highest BCUT2D eigenvalue weighted by Crippen LogP contribution is 2.30. The van der Waals surface area contributed by atoms with E-state index >= 15 is 0 Å². The van der Waals surface area contributed by atoms with Crippen molar-refractivity contribution >= 4 is 35.1 Å². The lowest BCUT2D eigenvalue weighted by Crippen LogP contribution is -2.25. The number of unbranched alkanes of at least 4 members (excludes halogenated alkanes) is 2. The average molecular weight is 425 g/mol. The maximum Gasteiger partial charge on any atom is 0.251 e. The van der Waals surface area contributed by atoms with Gasteiger partial charge in [-0.15, -0.1) is 11.3 Å². The number of benzene rings is 2. The van der Waals surface area contributed by atoms with Crippen LogP contribution in [0.4, 0.5) is 0 Å². The minimum absolute atomic E-state index is 0.0522. The number of nitrogens with one attached hydrogen (secondary N) is 2. The summed E-state index contributed by atoms with van der Waals surface area (Å²) in [6.07, 6.45) is 6.39. The van der Waals surface area contributed by atoms with Crippen molar-refractivity contribution in [3.8, 4) is 10.4 Å². The zero-order valence-corrected chi connectivity index (χ0v) is 17.9. The van der Waals surface area contributed by atoms with Crippen molar-refractivity contribution in [3.05, 3.63) is 81.7 Å². The SMILES string of the molecule is N=CCCCCc1ccc(CCNC(=O)c2ccc(-c3ccc(Cl)s3)cc2)cc1. The van der Waals surface area contributed by atoms with Crippen molar-refractivity contribution in [1.82, 2.24) is 5.32 Å². The van der Waals surface area contributed by atoms with Crippen LogP contribution in [0, 0.1) is 5.41 Å². The molecule has 5 heteroatoms. The van der Waals surface area contributed by atoms with E-state index in [-0.39, 0.29) is 5.91 Å². The summed E-state index contributed by atoms with van der Waals surface area (Å²) in [5, 5.41) is 10.0. The molecule has 0 spiro atoms. The van der Waals surface area contributed by atoms with Crippen LogP contribution in [0.5, 0.6) is 0 Å². The lowest BCUT2D eigenvalue weighted by atomic mass is 10.0. The van der Waals surface area contributed by atoms with Crippen molar-refractivity contribution in [2.75, 3.05) is 6.54 Å². The number of amides is 1. The summed E-state index contributed by atoms with van der Waals surface area (Å²) in [7, 11) is 0. The van der Waals surface area contributed by atoms with Crippen LogP contribution in [0.2, 0.25) is 4.34 Å². The lowest BCUT2D eigenvalue weighted by molar-refractivity contribution is 0.0954. The molecule has 0 bridgehead atoms. The Morgan fingerprint density at radius 2 is 1.62 bits per heavy atom. The number of hydrogen-bond acceptors (Lipinski definition) is 3. The zero-order chi connectivity index (χ0) is 20.5. The van der Waals surface area contributed by atoms with E-state index in [9.17, 15) is 4.79 Å². The molecule has 0 aliphatic carbocycles. The smallest absolute Gasteiger partial charge is 0.251 e. The highest BCUT2D eigenvalue weighted by Gasteiger charge is 2.07. The molecule has 3 rings (SSSR count). The molecule has 0 saturated heterocycles. The van der Waals surface area contributed by atoms with E-state index in [0.717, 1.165) is 46.9 Å². The molecule has 1 aromatic heterocycles. The Morgan fingerprint density at radius 3 is 2.24 bits per heavy atom. The zero-order valence-electron chi connectivity index (χ0n) is 16.3. The van der Waals surface area contributed by atoms with E-state index in [4.69, 9.17) is 17.0 Å². The third kappa shape index (κ3) is 6.55. The lowest BCUT2D eigenvalue weighted by Gasteiger charge is -2.07. The second-order valence-corrected chi connectivity index (χ2v) is 8.67. The third-order valence-corrected chi connectivity index (χ3v) is 6.07. The number of hydrogen-bond donors (Lipinski definition) is 2. The van der Waals surface area contributed by atoms with Crippen molar-refractivity contribution in [1.29, 1.82) is 5.41 Å². The number of aryl methyl sites for hydroxylation is 1. The van der Waals surface area contributed by atoms with Crippen molar-refractivity contribution in [2.45, 2.75) is 32.1 Å². The van der Waals surface area contributed by atoms with Crippen LogP contribution in [0.15, 0.2) is 60.7 Å². The number of halogens is 1. The predicted molar refractivity (Wildman–Crippen MR) is 124 cm³/mol. The fraction of sp³-hybridized carbons (Fsp3) is 0.250. The molecule has 0 saturated carbocycles. The van der Waals surface area contributed by atoms with Gasteiger partial charge in [0.05, 0.1) is 4.34 Å². The third-order valence-electron chi connectivity index (χ3n) is 4.79. The second-order valence-electron chi connectivity index (χ2n) is 6.95. The van der Waals surface area contributed by atoms with E-state index in [0.29, 0.717) is 12.1 Å². The molecule has 0 fully saturated rings. The molecule has 1 heterocycles. The fourth-order valence-corrected chi connectivity index (χ4v) is 4.17. The molecule has 2 aromatic carbocycles. The van der Waals surface area contributed by atoms with Crippen LogP contribution in [0.25, 0.3) is 10.4 Å². The van der Waals surface area contributed by atoms with Gasteiger partial charge < -0.3 is 10.7 Å². The summed E-state index contributed by atoms with van der Waals surface area (Å²) in [5.74, 6) is -0.0522. The summed E-state index contributed by atoms with van der Waals surface area (Å²) >= 11 is 7.52. The molecule has 0 unspecified atom stereocenters. The van der Waals surface area contributed by atoms with Crippen LogP contribution in [0.1, 0.15) is 40.7 Å². The monoisotopic (exact) mass is 424 g/mol. The topological polar surface area (TPSA) is 53.0 Å². The summed E-state index contributed by atoms with van der Waals surface area (Å²) in [5.41, 5.74) is 4.28. The molecule has 0 atom stereocenters. The van der Waals surface area contributed by atoms with Crippen molar-refractivity contribution in [2.24, 2.45) is 0 Å². The molecule has 29 heavy (non-hydrogen) atoms. The largest absolute Gasteiger partial charge is 0.352 e. The fourth-order valence-electron chi connectivity index (χ4n) is 3.13. The number of carbonyl (C=O) groups excluding carboxylic acids is 1. The van der Waals surface area contributed by atoms with E-state index in [1.54, 1.807) is 0 Å². The summed E-state index contributed by atoms with van der Waals surface area (Å²) < 4.78 is 0.762. The van der Waals surface area contributed by atoms with Gasteiger partial charge >= 0.3 is 0 Å². The first-order chi connectivity index (χ1) is 14.2. The van der Waals surface area contributed by atoms with Crippen LogP contribution in [-0.2, 0) is 12.8 Å². The molecule has 0 radical (unpaired) electrons. The van der Waals surface area contributed by atoms with Gasteiger partial charge in [0.15, 0.2) is 0 Å². The molecule has 3 aromatic rings. The summed E-state index contributed by atoms with van der Waals surface area (Å²) in [4.78, 5) is 13.5. The van der Waals surface area contributed by atoms with Crippen LogP contribution in [-0.4, -0.2) is 18.7 Å². The Morgan fingerprint density at radius 1 is 0.931 bits per heavy atom. The molecular weight excluding hydrogens is 400 g/mol. The Kier molecular flexibility index (Phi) is 8.03. The molecule has 0 aliphatic heterocycles. The van der Waals surface area contributed by atoms with E-state index in [1.807, 2.05) is 36.4 Å².